The smallest absolute Gasteiger partial charge is 0.264 e. The summed E-state index contributed by atoms with van der Waals surface area (Å²) in [5.74, 6) is -0.801. The molecule has 4 aromatic carbocycles. The second kappa shape index (κ2) is 16.0. The van der Waals surface area contributed by atoms with Crippen molar-refractivity contribution in [2.45, 2.75) is 62.6 Å². The molecular formula is C38H42FN3O6S. The molecular weight excluding hydrogens is 645 g/mol. The van der Waals surface area contributed by atoms with Gasteiger partial charge in [0.1, 0.15) is 18.4 Å². The zero-order chi connectivity index (χ0) is 35.0. The predicted molar refractivity (Wildman–Crippen MR) is 187 cm³/mol. The molecule has 11 heteroatoms. The molecule has 49 heavy (non-hydrogen) atoms. The van der Waals surface area contributed by atoms with Crippen LogP contribution in [0.4, 0.5) is 10.1 Å². The Morgan fingerprint density at radius 3 is 2.14 bits per heavy atom. The van der Waals surface area contributed by atoms with E-state index in [2.05, 4.69) is 5.32 Å². The van der Waals surface area contributed by atoms with Gasteiger partial charge in [0.2, 0.25) is 11.8 Å². The highest BCUT2D eigenvalue weighted by Gasteiger charge is 2.36. The number of rotatable bonds is 14. The van der Waals surface area contributed by atoms with E-state index in [0.29, 0.717) is 11.3 Å². The second-order valence-corrected chi connectivity index (χ2v) is 14.1. The van der Waals surface area contributed by atoms with Gasteiger partial charge in [-0.2, -0.15) is 0 Å². The zero-order valence-corrected chi connectivity index (χ0v) is 28.8. The number of aryl methyl sites for hydroxylation is 1. The van der Waals surface area contributed by atoms with Crippen LogP contribution in [0.1, 0.15) is 42.4 Å². The third kappa shape index (κ3) is 8.77. The number of halogens is 1. The molecule has 0 unspecified atom stereocenters. The fourth-order valence-electron chi connectivity index (χ4n) is 6.05. The maximum Gasteiger partial charge on any atom is 0.264 e. The van der Waals surface area contributed by atoms with E-state index < -0.39 is 34.3 Å². The lowest BCUT2D eigenvalue weighted by molar-refractivity contribution is -0.140. The van der Waals surface area contributed by atoms with Gasteiger partial charge < -0.3 is 19.7 Å². The van der Waals surface area contributed by atoms with Crippen molar-refractivity contribution in [3.63, 3.8) is 0 Å². The van der Waals surface area contributed by atoms with Crippen LogP contribution in [0, 0.1) is 12.7 Å². The lowest BCUT2D eigenvalue weighted by Crippen LogP contribution is -2.54. The van der Waals surface area contributed by atoms with Crippen molar-refractivity contribution in [3.05, 3.63) is 120 Å². The van der Waals surface area contributed by atoms with Gasteiger partial charge in [-0.1, -0.05) is 73.0 Å². The Hall–Kier alpha value is -4.90. The minimum atomic E-state index is -4.35. The van der Waals surface area contributed by atoms with E-state index in [-0.39, 0.29) is 41.2 Å². The summed E-state index contributed by atoms with van der Waals surface area (Å²) in [6.07, 6.45) is 3.90. The van der Waals surface area contributed by atoms with Crippen molar-refractivity contribution in [2.24, 2.45) is 0 Å². The van der Waals surface area contributed by atoms with Gasteiger partial charge in [0, 0.05) is 25.1 Å². The molecule has 1 N–H and O–H groups in total. The molecule has 4 aromatic rings. The first-order valence-electron chi connectivity index (χ1n) is 16.3. The topological polar surface area (TPSA) is 105 Å². The van der Waals surface area contributed by atoms with Gasteiger partial charge in [-0.15, -0.1) is 0 Å². The molecule has 1 aliphatic carbocycles. The summed E-state index contributed by atoms with van der Waals surface area (Å²) in [7, 11) is -1.49. The van der Waals surface area contributed by atoms with Gasteiger partial charge in [0.25, 0.3) is 10.0 Å². The highest BCUT2D eigenvalue weighted by atomic mass is 32.2. The number of sulfonamides is 1. The first-order chi connectivity index (χ1) is 23.6. The van der Waals surface area contributed by atoms with E-state index in [0.717, 1.165) is 41.1 Å². The van der Waals surface area contributed by atoms with Gasteiger partial charge in [-0.05, 0) is 67.3 Å². The molecule has 5 rings (SSSR count). The van der Waals surface area contributed by atoms with Crippen LogP contribution in [0.3, 0.4) is 0 Å². The summed E-state index contributed by atoms with van der Waals surface area (Å²) >= 11 is 0. The van der Waals surface area contributed by atoms with Gasteiger partial charge in [0.15, 0.2) is 11.5 Å². The fraction of sp³-hybridized carbons (Fsp3) is 0.316. The fourth-order valence-corrected chi connectivity index (χ4v) is 7.48. The van der Waals surface area contributed by atoms with Crippen molar-refractivity contribution >= 4 is 27.5 Å². The number of hydrogen-bond acceptors (Lipinski definition) is 6. The van der Waals surface area contributed by atoms with Crippen molar-refractivity contribution < 1.29 is 31.9 Å². The van der Waals surface area contributed by atoms with Crippen LogP contribution in [0.25, 0.3) is 0 Å². The van der Waals surface area contributed by atoms with E-state index in [9.17, 15) is 22.4 Å². The summed E-state index contributed by atoms with van der Waals surface area (Å²) in [4.78, 5) is 30.1. The standard InChI is InChI=1S/C38H42FN3O6S/c1-27-13-19-32(20-14-27)42(49(45,46)33-21-22-35(47-2)36(24-33)48-3)26-37(43)41(25-29-15-17-30(39)18-16-29)34(23-28-9-5-4-6-10-28)38(44)40-31-11-7-8-12-31/h4-6,9-10,13-22,24,31,34H,7-8,11-12,23,25-26H2,1-3H3,(H,40,44)/t34-/m0/s1. The Morgan fingerprint density at radius 2 is 1.51 bits per heavy atom. The average Bonchev–Trinajstić information content (AvgIpc) is 3.63. The molecule has 9 nitrogen and oxygen atoms in total. The first-order valence-corrected chi connectivity index (χ1v) is 17.7. The number of benzene rings is 4. The zero-order valence-electron chi connectivity index (χ0n) is 28.0. The number of nitrogens with zero attached hydrogens (tertiary/aromatic N) is 2. The van der Waals surface area contributed by atoms with Crippen LogP contribution in [0.15, 0.2) is 102 Å². The average molecular weight is 688 g/mol. The summed E-state index contributed by atoms with van der Waals surface area (Å²) in [5.41, 5.74) is 2.60. The van der Waals surface area contributed by atoms with Crippen LogP contribution >= 0.6 is 0 Å². The normalized spacial score (nSPS) is 13.8. The molecule has 1 fully saturated rings. The molecule has 1 saturated carbocycles. The number of ether oxygens (including phenoxy) is 2. The molecule has 0 aliphatic heterocycles. The molecule has 0 heterocycles. The van der Waals surface area contributed by atoms with Crippen LogP contribution in [-0.2, 0) is 32.6 Å². The minimum Gasteiger partial charge on any atom is -0.493 e. The SMILES string of the molecule is COc1ccc(S(=O)(=O)N(CC(=O)N(Cc2ccc(F)cc2)[C@@H](Cc2ccccc2)C(=O)NC2CCCC2)c2ccc(C)cc2)cc1OC. The summed E-state index contributed by atoms with van der Waals surface area (Å²) in [6, 6.07) is 25.1. The number of carbonyl (C=O) groups is 2. The Bertz CT molecular complexity index is 1830. The Kier molecular flexibility index (Phi) is 11.6. The monoisotopic (exact) mass is 687 g/mol. The highest BCUT2D eigenvalue weighted by molar-refractivity contribution is 7.92. The Labute approximate surface area is 287 Å². The molecule has 0 saturated heterocycles. The molecule has 0 radical (unpaired) electrons. The summed E-state index contributed by atoms with van der Waals surface area (Å²) in [6.45, 7) is 1.22. The largest absolute Gasteiger partial charge is 0.493 e. The van der Waals surface area contributed by atoms with Crippen molar-refractivity contribution in [2.75, 3.05) is 25.1 Å². The maximum atomic E-state index is 14.7. The predicted octanol–water partition coefficient (Wildman–Crippen LogP) is 6.05. The van der Waals surface area contributed by atoms with Gasteiger partial charge >= 0.3 is 0 Å². The van der Waals surface area contributed by atoms with Gasteiger partial charge in [-0.3, -0.25) is 13.9 Å². The quantitative estimate of drug-likeness (QED) is 0.173. The van der Waals surface area contributed by atoms with Gasteiger partial charge in [0.05, 0.1) is 24.8 Å². The van der Waals surface area contributed by atoms with Crippen molar-refractivity contribution in [1.29, 1.82) is 0 Å². The maximum absolute atomic E-state index is 14.7. The highest BCUT2D eigenvalue weighted by Crippen LogP contribution is 2.32. The van der Waals surface area contributed by atoms with Crippen LogP contribution < -0.4 is 19.1 Å². The van der Waals surface area contributed by atoms with Crippen molar-refractivity contribution in [3.8, 4) is 11.5 Å². The third-order valence-corrected chi connectivity index (χ3v) is 10.6. The number of anilines is 1. The van der Waals surface area contributed by atoms with E-state index in [1.54, 1.807) is 36.4 Å². The van der Waals surface area contributed by atoms with E-state index in [4.69, 9.17) is 9.47 Å². The van der Waals surface area contributed by atoms with Gasteiger partial charge in [-0.25, -0.2) is 12.8 Å². The van der Waals surface area contributed by atoms with Crippen molar-refractivity contribution in [1.82, 2.24) is 10.2 Å². The molecule has 0 bridgehead atoms. The van der Waals surface area contributed by atoms with Crippen LogP contribution in [0.2, 0.25) is 0 Å². The number of nitrogens with one attached hydrogen (secondary N) is 1. The first kappa shape index (κ1) is 35.4. The molecule has 1 aliphatic rings. The number of amides is 2. The lowest BCUT2D eigenvalue weighted by Gasteiger charge is -2.34. The molecule has 2 amide bonds. The number of carbonyl (C=O) groups excluding carboxylic acids is 2. The summed E-state index contributed by atoms with van der Waals surface area (Å²) in [5, 5.41) is 3.15. The van der Waals surface area contributed by atoms with E-state index in [1.807, 2.05) is 37.3 Å². The number of methoxy groups -OCH3 is 2. The van der Waals surface area contributed by atoms with E-state index >= 15 is 0 Å². The molecule has 0 aromatic heterocycles. The lowest BCUT2D eigenvalue weighted by atomic mass is 10.0. The second-order valence-electron chi connectivity index (χ2n) is 12.2. The van der Waals surface area contributed by atoms with E-state index in [1.165, 1.54) is 49.5 Å². The van der Waals surface area contributed by atoms with Crippen LogP contribution in [0.5, 0.6) is 11.5 Å². The minimum absolute atomic E-state index is 0.0111. The van der Waals surface area contributed by atoms with Crippen LogP contribution in [-0.4, -0.2) is 58.0 Å². The summed E-state index contributed by atoms with van der Waals surface area (Å²) < 4.78 is 54.5. The number of hydrogen-bond donors (Lipinski definition) is 1. The third-order valence-electron chi connectivity index (χ3n) is 8.78. The molecule has 1 atom stereocenters. The molecule has 258 valence electrons. The Balaban J connectivity index is 1.57. The Morgan fingerprint density at radius 1 is 0.857 bits per heavy atom. The molecule has 0 spiro atoms.